The number of aliphatic hydroxyl groups is 1. The summed E-state index contributed by atoms with van der Waals surface area (Å²) in [5, 5.41) is 23.0. The summed E-state index contributed by atoms with van der Waals surface area (Å²) >= 11 is 0. The van der Waals surface area contributed by atoms with Crippen molar-refractivity contribution in [1.82, 2.24) is 19.6 Å². The maximum absolute atomic E-state index is 10.7. The summed E-state index contributed by atoms with van der Waals surface area (Å²) in [7, 11) is 0. The molecule has 9 heteroatoms. The Morgan fingerprint density at radius 3 is 2.69 bits per heavy atom. The summed E-state index contributed by atoms with van der Waals surface area (Å²) in [5.74, 6) is 8.88. The van der Waals surface area contributed by atoms with Crippen molar-refractivity contribution in [3.63, 3.8) is 0 Å². The molecule has 2 aromatic heterocycles. The van der Waals surface area contributed by atoms with Crippen molar-refractivity contribution in [2.75, 3.05) is 26.2 Å². The van der Waals surface area contributed by atoms with Crippen molar-refractivity contribution in [3.8, 4) is 23.2 Å². The Labute approximate surface area is 209 Å². The Kier molecular flexibility index (Phi) is 6.92. The quantitative estimate of drug-likeness (QED) is 0.391. The largest absolute Gasteiger partial charge is 0.481 e. The van der Waals surface area contributed by atoms with E-state index < -0.39 is 12.1 Å². The van der Waals surface area contributed by atoms with Crippen LogP contribution in [0.3, 0.4) is 0 Å². The van der Waals surface area contributed by atoms with Crippen molar-refractivity contribution in [3.05, 3.63) is 59.8 Å². The number of nitrogens with zero attached hydrogens (tertiary/aromatic N) is 4. The van der Waals surface area contributed by atoms with E-state index in [0.717, 1.165) is 30.8 Å². The number of carboxylic acids is 1. The SMILES string of the molecule is C[C@H](O)c1nccn1[C@H](CN)c1cc(-c2ccc(C#CC3[C@H]4CN(CCCC(=O)O)C[C@@H]34)cc2)on1. The lowest BCUT2D eigenvalue weighted by Crippen LogP contribution is -2.25. The Morgan fingerprint density at radius 2 is 2.03 bits per heavy atom. The normalized spacial score (nSPS) is 22.5. The van der Waals surface area contributed by atoms with Gasteiger partial charge in [0.25, 0.3) is 0 Å². The van der Waals surface area contributed by atoms with Crippen LogP contribution in [-0.4, -0.2) is 62.0 Å². The van der Waals surface area contributed by atoms with E-state index in [1.54, 1.807) is 19.3 Å². The first-order chi connectivity index (χ1) is 17.4. The van der Waals surface area contributed by atoms with Crippen LogP contribution in [0, 0.1) is 29.6 Å². The first-order valence-corrected chi connectivity index (χ1v) is 12.4. The first kappa shape index (κ1) is 24.3. The minimum absolute atomic E-state index is 0.239. The lowest BCUT2D eigenvalue weighted by atomic mass is 10.1. The lowest BCUT2D eigenvalue weighted by molar-refractivity contribution is -0.137. The first-order valence-electron chi connectivity index (χ1n) is 12.4. The zero-order valence-electron chi connectivity index (χ0n) is 20.2. The summed E-state index contributed by atoms with van der Waals surface area (Å²) in [6.07, 6.45) is 3.66. The van der Waals surface area contributed by atoms with E-state index in [9.17, 15) is 9.90 Å². The third-order valence-corrected chi connectivity index (χ3v) is 7.19. The number of likely N-dealkylation sites (tertiary alicyclic amines) is 1. The summed E-state index contributed by atoms with van der Waals surface area (Å²) in [6, 6.07) is 9.51. The highest BCUT2D eigenvalue weighted by Crippen LogP contribution is 2.51. The second-order valence-corrected chi connectivity index (χ2v) is 9.69. The molecule has 3 heterocycles. The number of piperidine rings is 1. The highest BCUT2D eigenvalue weighted by Gasteiger charge is 2.54. The fourth-order valence-corrected chi connectivity index (χ4v) is 5.22. The third-order valence-electron chi connectivity index (χ3n) is 7.19. The van der Waals surface area contributed by atoms with Gasteiger partial charge in [0.05, 0.1) is 6.04 Å². The number of nitrogens with two attached hydrogens (primary N) is 1. The van der Waals surface area contributed by atoms with E-state index in [2.05, 4.69) is 26.9 Å². The molecule has 9 nitrogen and oxygen atoms in total. The van der Waals surface area contributed by atoms with Gasteiger partial charge < -0.3 is 29.9 Å². The number of imidazole rings is 1. The average molecular weight is 490 g/mol. The molecule has 5 atom stereocenters. The van der Waals surface area contributed by atoms with E-state index in [0.29, 0.717) is 48.0 Å². The zero-order chi connectivity index (χ0) is 25.2. The number of aliphatic hydroxyl groups excluding tert-OH is 1. The fraction of sp³-hybridized carbons (Fsp3) is 0.444. The topological polar surface area (TPSA) is 131 Å². The van der Waals surface area contributed by atoms with Crippen LogP contribution in [0.25, 0.3) is 11.3 Å². The zero-order valence-corrected chi connectivity index (χ0v) is 20.2. The van der Waals surface area contributed by atoms with E-state index in [1.807, 2.05) is 34.9 Å². The fourth-order valence-electron chi connectivity index (χ4n) is 5.22. The molecule has 2 fully saturated rings. The predicted molar refractivity (Wildman–Crippen MR) is 133 cm³/mol. The van der Waals surface area contributed by atoms with Gasteiger partial charge in [0.15, 0.2) is 5.76 Å². The van der Waals surface area contributed by atoms with Crippen LogP contribution in [0.15, 0.2) is 47.2 Å². The summed E-state index contributed by atoms with van der Waals surface area (Å²) < 4.78 is 7.43. The number of aromatic nitrogens is 3. The molecule has 188 valence electrons. The van der Waals surface area contributed by atoms with Gasteiger partial charge in [-0.2, -0.15) is 0 Å². The van der Waals surface area contributed by atoms with Gasteiger partial charge >= 0.3 is 5.97 Å². The van der Waals surface area contributed by atoms with Crippen LogP contribution >= 0.6 is 0 Å². The summed E-state index contributed by atoms with van der Waals surface area (Å²) in [4.78, 5) is 17.3. The van der Waals surface area contributed by atoms with Gasteiger partial charge in [0, 0.05) is 61.6 Å². The molecule has 4 N–H and O–H groups in total. The molecule has 1 aromatic carbocycles. The van der Waals surface area contributed by atoms with Gasteiger partial charge in [-0.25, -0.2) is 4.98 Å². The van der Waals surface area contributed by atoms with E-state index in [1.165, 1.54) is 0 Å². The van der Waals surface area contributed by atoms with Gasteiger partial charge in [-0.05, 0) is 56.0 Å². The van der Waals surface area contributed by atoms with Crippen molar-refractivity contribution < 1.29 is 19.5 Å². The number of aliphatic carboxylic acids is 1. The molecule has 0 spiro atoms. The molecule has 0 bridgehead atoms. The monoisotopic (exact) mass is 489 g/mol. The van der Waals surface area contributed by atoms with Crippen LogP contribution in [0.5, 0.6) is 0 Å². The van der Waals surface area contributed by atoms with E-state index in [4.69, 9.17) is 15.4 Å². The Hall–Kier alpha value is -3.45. The minimum atomic E-state index is -0.724. The van der Waals surface area contributed by atoms with Crippen molar-refractivity contribution in [1.29, 1.82) is 0 Å². The Bertz CT molecular complexity index is 1260. The average Bonchev–Trinajstić information content (AvgIpc) is 3.36. The smallest absolute Gasteiger partial charge is 0.303 e. The predicted octanol–water partition coefficient (Wildman–Crippen LogP) is 2.53. The highest BCUT2D eigenvalue weighted by molar-refractivity contribution is 5.66. The van der Waals surface area contributed by atoms with Crippen molar-refractivity contribution >= 4 is 5.97 Å². The second-order valence-electron chi connectivity index (χ2n) is 9.69. The molecule has 2 aliphatic rings. The maximum atomic E-state index is 10.7. The molecule has 1 saturated heterocycles. The number of hydrogen-bond donors (Lipinski definition) is 3. The summed E-state index contributed by atoms with van der Waals surface area (Å²) in [5.41, 5.74) is 8.55. The van der Waals surface area contributed by atoms with Crippen LogP contribution in [0.1, 0.15) is 49.0 Å². The second kappa shape index (κ2) is 10.3. The molecule has 0 radical (unpaired) electrons. The summed E-state index contributed by atoms with van der Waals surface area (Å²) in [6.45, 7) is 4.87. The molecular formula is C27H31N5O4. The molecule has 1 aliphatic heterocycles. The van der Waals surface area contributed by atoms with Gasteiger partial charge in [-0.1, -0.05) is 17.0 Å². The van der Waals surface area contributed by atoms with Crippen LogP contribution in [-0.2, 0) is 4.79 Å². The molecule has 0 amide bonds. The lowest BCUT2D eigenvalue weighted by Gasteiger charge is -2.17. The molecule has 1 unspecified atom stereocenters. The van der Waals surface area contributed by atoms with Crippen LogP contribution < -0.4 is 5.73 Å². The van der Waals surface area contributed by atoms with Crippen LogP contribution in [0.2, 0.25) is 0 Å². The van der Waals surface area contributed by atoms with Crippen LogP contribution in [0.4, 0.5) is 0 Å². The molecular weight excluding hydrogens is 458 g/mol. The number of carboxylic acid groups (broad SMARTS) is 1. The Balaban J connectivity index is 1.18. The standard InChI is InChI=1S/C27H31N5O4/c1-17(33)27-29-10-12-32(27)24(14-28)23-13-25(36-30-23)19-7-4-18(5-8-19)6-9-20-21-15-31(16-22(20)21)11-2-3-26(34)35/h4-5,7-8,10,12-13,17,20-22,24,33H,2-3,11,14-16,28H2,1H3,(H,34,35)/t17-,20?,21-,22+,24+/m0/s1. The molecule has 1 aliphatic carbocycles. The van der Waals surface area contributed by atoms with Gasteiger partial charge in [-0.3, -0.25) is 4.79 Å². The molecule has 5 rings (SSSR count). The van der Waals surface area contributed by atoms with Gasteiger partial charge in [0.1, 0.15) is 17.6 Å². The Morgan fingerprint density at radius 1 is 1.28 bits per heavy atom. The molecule has 3 aromatic rings. The van der Waals surface area contributed by atoms with E-state index >= 15 is 0 Å². The number of fused-ring (bicyclic) bond motifs is 1. The number of hydrogen-bond acceptors (Lipinski definition) is 7. The minimum Gasteiger partial charge on any atom is -0.481 e. The van der Waals surface area contributed by atoms with Crippen molar-refractivity contribution in [2.45, 2.75) is 31.9 Å². The number of carbonyl (C=O) groups is 1. The molecule has 1 saturated carbocycles. The van der Waals surface area contributed by atoms with E-state index in [-0.39, 0.29) is 12.5 Å². The van der Waals surface area contributed by atoms with Gasteiger partial charge in [-0.15, -0.1) is 0 Å². The van der Waals surface area contributed by atoms with Gasteiger partial charge in [0.2, 0.25) is 0 Å². The number of benzene rings is 1. The third kappa shape index (κ3) is 5.07. The number of rotatable bonds is 9. The highest BCUT2D eigenvalue weighted by atomic mass is 16.5. The molecule has 36 heavy (non-hydrogen) atoms. The maximum Gasteiger partial charge on any atom is 0.303 e. The van der Waals surface area contributed by atoms with Crippen molar-refractivity contribution in [2.24, 2.45) is 23.5 Å².